The van der Waals surface area contributed by atoms with E-state index in [9.17, 15) is 4.79 Å². The zero-order valence-electron chi connectivity index (χ0n) is 13.2. The second kappa shape index (κ2) is 9.42. The molecule has 0 aliphatic rings. The summed E-state index contributed by atoms with van der Waals surface area (Å²) in [5.41, 5.74) is 1.29. The lowest BCUT2D eigenvalue weighted by Crippen LogP contribution is -2.27. The molecule has 128 valence electrons. The second-order valence-corrected chi connectivity index (χ2v) is 5.79. The van der Waals surface area contributed by atoms with E-state index < -0.39 is 0 Å². The molecule has 0 saturated carbocycles. The van der Waals surface area contributed by atoms with Crippen LogP contribution in [0.2, 0.25) is 10.0 Å². The van der Waals surface area contributed by atoms with Crippen LogP contribution in [0.25, 0.3) is 0 Å². The van der Waals surface area contributed by atoms with Gasteiger partial charge in [-0.3, -0.25) is 4.79 Å². The molecule has 2 rings (SSSR count). The normalized spacial score (nSPS) is 10.5. The Kier molecular flexibility index (Phi) is 7.24. The van der Waals surface area contributed by atoms with Crippen LogP contribution in [-0.2, 0) is 11.2 Å². The molecule has 0 unspecified atom stereocenters. The Morgan fingerprint density at radius 3 is 2.79 bits per heavy atom. The van der Waals surface area contributed by atoms with E-state index in [0.29, 0.717) is 47.7 Å². The average molecular weight is 369 g/mol. The first-order valence-corrected chi connectivity index (χ1v) is 8.12. The van der Waals surface area contributed by atoms with Crippen molar-refractivity contribution in [2.75, 3.05) is 32.1 Å². The first-order valence-electron chi connectivity index (χ1n) is 7.37. The molecule has 0 aliphatic carbocycles. The van der Waals surface area contributed by atoms with Crippen LogP contribution >= 0.6 is 23.2 Å². The van der Waals surface area contributed by atoms with Gasteiger partial charge < -0.3 is 15.4 Å². The van der Waals surface area contributed by atoms with Crippen LogP contribution in [0.3, 0.4) is 0 Å². The van der Waals surface area contributed by atoms with Crippen LogP contribution in [0.4, 0.5) is 5.82 Å². The van der Waals surface area contributed by atoms with Gasteiger partial charge in [-0.1, -0.05) is 29.3 Å². The number of amides is 1. The molecule has 0 radical (unpaired) electrons. The molecule has 0 spiro atoms. The zero-order chi connectivity index (χ0) is 17.4. The lowest BCUT2D eigenvalue weighted by molar-refractivity contribution is 0.0932. The zero-order valence-corrected chi connectivity index (χ0v) is 14.7. The number of carbonyl (C=O) groups excluding carboxylic acids is 1. The monoisotopic (exact) mass is 368 g/mol. The third-order valence-electron chi connectivity index (χ3n) is 3.21. The number of hydrogen-bond donors (Lipinski definition) is 2. The highest BCUT2D eigenvalue weighted by Crippen LogP contribution is 2.21. The van der Waals surface area contributed by atoms with E-state index in [1.54, 1.807) is 25.3 Å². The van der Waals surface area contributed by atoms with Crippen molar-refractivity contribution in [1.82, 2.24) is 15.3 Å². The van der Waals surface area contributed by atoms with Crippen molar-refractivity contribution in [3.8, 4) is 0 Å². The van der Waals surface area contributed by atoms with Crippen molar-refractivity contribution in [3.63, 3.8) is 0 Å². The summed E-state index contributed by atoms with van der Waals surface area (Å²) in [4.78, 5) is 20.0. The summed E-state index contributed by atoms with van der Waals surface area (Å²) in [7, 11) is 1.58. The minimum Gasteiger partial charge on any atom is -0.383 e. The van der Waals surface area contributed by atoms with Crippen LogP contribution in [0.1, 0.15) is 16.1 Å². The topological polar surface area (TPSA) is 76.1 Å². The fourth-order valence-corrected chi connectivity index (χ4v) is 2.49. The highest BCUT2D eigenvalue weighted by atomic mass is 35.5. The molecule has 1 aromatic carbocycles. The van der Waals surface area contributed by atoms with Crippen LogP contribution < -0.4 is 10.6 Å². The number of nitrogens with zero attached hydrogens (tertiary/aromatic N) is 2. The van der Waals surface area contributed by atoms with Gasteiger partial charge in [0.25, 0.3) is 5.91 Å². The SMILES string of the molecule is COCCNC(=O)c1cc(NCCc2ccc(Cl)cc2Cl)ncn1. The van der Waals surface area contributed by atoms with Gasteiger partial charge in [0.1, 0.15) is 17.8 Å². The summed E-state index contributed by atoms with van der Waals surface area (Å²) >= 11 is 12.0. The quantitative estimate of drug-likeness (QED) is 0.700. The summed E-state index contributed by atoms with van der Waals surface area (Å²) < 4.78 is 4.89. The van der Waals surface area contributed by atoms with Gasteiger partial charge in [-0.2, -0.15) is 0 Å². The fourth-order valence-electron chi connectivity index (χ4n) is 1.99. The number of anilines is 1. The standard InChI is InChI=1S/C16H18Cl2N4O2/c1-24-7-6-20-16(23)14-9-15(22-10-21-14)19-5-4-11-2-3-12(17)8-13(11)18/h2-3,8-10H,4-7H2,1H3,(H,20,23)(H,19,21,22). The van der Waals surface area contributed by atoms with Gasteiger partial charge in [0.05, 0.1) is 6.61 Å². The van der Waals surface area contributed by atoms with Crippen molar-refractivity contribution < 1.29 is 9.53 Å². The molecule has 0 fully saturated rings. The summed E-state index contributed by atoms with van der Waals surface area (Å²) in [5, 5.41) is 7.10. The molecule has 6 nitrogen and oxygen atoms in total. The molecule has 0 atom stereocenters. The molecule has 24 heavy (non-hydrogen) atoms. The van der Waals surface area contributed by atoms with Gasteiger partial charge >= 0.3 is 0 Å². The van der Waals surface area contributed by atoms with Crippen LogP contribution in [0.5, 0.6) is 0 Å². The predicted molar refractivity (Wildman–Crippen MR) is 94.9 cm³/mol. The van der Waals surface area contributed by atoms with E-state index in [2.05, 4.69) is 20.6 Å². The second-order valence-electron chi connectivity index (χ2n) is 4.95. The van der Waals surface area contributed by atoms with Crippen LogP contribution in [-0.4, -0.2) is 42.7 Å². The van der Waals surface area contributed by atoms with Gasteiger partial charge in [0, 0.05) is 36.3 Å². The summed E-state index contributed by atoms with van der Waals surface area (Å²) in [6.45, 7) is 1.49. The highest BCUT2D eigenvalue weighted by Gasteiger charge is 2.08. The summed E-state index contributed by atoms with van der Waals surface area (Å²) in [6, 6.07) is 7.01. The largest absolute Gasteiger partial charge is 0.383 e. The Morgan fingerprint density at radius 1 is 1.21 bits per heavy atom. The molecule has 2 aromatic rings. The fraction of sp³-hybridized carbons (Fsp3) is 0.312. The van der Waals surface area contributed by atoms with Crippen molar-refractivity contribution in [1.29, 1.82) is 0 Å². The number of carbonyl (C=O) groups is 1. The minimum atomic E-state index is -0.266. The van der Waals surface area contributed by atoms with E-state index in [-0.39, 0.29) is 5.91 Å². The Bertz CT molecular complexity index is 698. The Labute approximate surface area is 150 Å². The van der Waals surface area contributed by atoms with E-state index in [1.807, 2.05) is 6.07 Å². The van der Waals surface area contributed by atoms with Gasteiger partial charge in [0.2, 0.25) is 0 Å². The van der Waals surface area contributed by atoms with Gasteiger partial charge in [-0.05, 0) is 24.1 Å². The first-order chi connectivity index (χ1) is 11.6. The number of hydrogen-bond acceptors (Lipinski definition) is 5. The third kappa shape index (κ3) is 5.63. The molecule has 0 saturated heterocycles. The van der Waals surface area contributed by atoms with Gasteiger partial charge in [0.15, 0.2) is 0 Å². The molecule has 0 aliphatic heterocycles. The maximum Gasteiger partial charge on any atom is 0.270 e. The molecular weight excluding hydrogens is 351 g/mol. The summed E-state index contributed by atoms with van der Waals surface area (Å²) in [5.74, 6) is 0.310. The van der Waals surface area contributed by atoms with Gasteiger partial charge in [-0.15, -0.1) is 0 Å². The Morgan fingerprint density at radius 2 is 2.04 bits per heavy atom. The van der Waals surface area contributed by atoms with E-state index >= 15 is 0 Å². The van der Waals surface area contributed by atoms with E-state index in [1.165, 1.54) is 6.33 Å². The number of ether oxygens (including phenoxy) is 1. The minimum absolute atomic E-state index is 0.266. The predicted octanol–water partition coefficient (Wildman–Crippen LogP) is 2.81. The highest BCUT2D eigenvalue weighted by molar-refractivity contribution is 6.35. The molecule has 2 N–H and O–H groups in total. The molecule has 1 aromatic heterocycles. The van der Waals surface area contributed by atoms with Crippen molar-refractivity contribution in [2.24, 2.45) is 0 Å². The smallest absolute Gasteiger partial charge is 0.270 e. The first kappa shape index (κ1) is 18.4. The third-order valence-corrected chi connectivity index (χ3v) is 3.79. The Balaban J connectivity index is 1.88. The number of aromatic nitrogens is 2. The number of benzene rings is 1. The maximum absolute atomic E-state index is 11.9. The number of methoxy groups -OCH3 is 1. The Hall–Kier alpha value is -1.89. The van der Waals surface area contributed by atoms with Crippen molar-refractivity contribution in [3.05, 3.63) is 51.9 Å². The molecule has 0 bridgehead atoms. The lowest BCUT2D eigenvalue weighted by atomic mass is 10.1. The maximum atomic E-state index is 11.9. The van der Waals surface area contributed by atoms with Crippen LogP contribution in [0, 0.1) is 0 Å². The molecular formula is C16H18Cl2N4O2. The van der Waals surface area contributed by atoms with E-state index in [0.717, 1.165) is 5.56 Å². The number of nitrogens with one attached hydrogen (secondary N) is 2. The molecule has 8 heteroatoms. The van der Waals surface area contributed by atoms with Crippen molar-refractivity contribution in [2.45, 2.75) is 6.42 Å². The average Bonchev–Trinajstić information content (AvgIpc) is 2.57. The number of halogens is 2. The van der Waals surface area contributed by atoms with Crippen LogP contribution in [0.15, 0.2) is 30.6 Å². The van der Waals surface area contributed by atoms with Gasteiger partial charge in [-0.25, -0.2) is 9.97 Å². The van der Waals surface area contributed by atoms with Crippen molar-refractivity contribution >= 4 is 34.9 Å². The molecule has 1 heterocycles. The van der Waals surface area contributed by atoms with E-state index in [4.69, 9.17) is 27.9 Å². The molecule has 1 amide bonds. The summed E-state index contributed by atoms with van der Waals surface area (Å²) in [6.07, 6.45) is 2.05. The lowest BCUT2D eigenvalue weighted by Gasteiger charge is -2.08. The number of rotatable bonds is 8.